The van der Waals surface area contributed by atoms with Gasteiger partial charge in [-0.15, -0.1) is 0 Å². The van der Waals surface area contributed by atoms with Crippen LogP contribution in [-0.2, 0) is 9.84 Å². The summed E-state index contributed by atoms with van der Waals surface area (Å²) in [6.45, 7) is 0. The van der Waals surface area contributed by atoms with E-state index in [-0.39, 0.29) is 4.90 Å². The van der Waals surface area contributed by atoms with Crippen LogP contribution in [0.2, 0.25) is 0 Å². The fourth-order valence-corrected chi connectivity index (χ4v) is 2.34. The van der Waals surface area contributed by atoms with Crippen LogP contribution in [0.3, 0.4) is 0 Å². The minimum atomic E-state index is -3.22. The van der Waals surface area contributed by atoms with Gasteiger partial charge in [-0.25, -0.2) is 8.42 Å². The molecule has 0 unspecified atom stereocenters. The monoisotopic (exact) mass is 210 g/mol. The molecule has 0 fully saturated rings. The van der Waals surface area contributed by atoms with Crippen LogP contribution in [0, 0.1) is 0 Å². The van der Waals surface area contributed by atoms with Crippen LogP contribution < -0.4 is 5.73 Å². The maximum Gasteiger partial charge on any atom is 0.177 e. The Morgan fingerprint density at radius 1 is 1.36 bits per heavy atom. The van der Waals surface area contributed by atoms with Gasteiger partial charge in [0, 0.05) is 29.0 Å². The molecule has 0 spiro atoms. The summed E-state index contributed by atoms with van der Waals surface area (Å²) in [6, 6.07) is 5.26. The third kappa shape index (κ3) is 1.26. The van der Waals surface area contributed by atoms with E-state index >= 15 is 0 Å². The smallest absolute Gasteiger partial charge is 0.177 e. The van der Waals surface area contributed by atoms with Crippen LogP contribution in [0.4, 0.5) is 5.69 Å². The number of aromatic amines is 1. The highest BCUT2D eigenvalue weighted by Gasteiger charge is 2.14. The summed E-state index contributed by atoms with van der Waals surface area (Å²) in [5.74, 6) is 0. The molecule has 0 atom stereocenters. The molecule has 1 aromatic carbocycles. The second kappa shape index (κ2) is 2.75. The predicted octanol–water partition coefficient (Wildman–Crippen LogP) is 1.15. The van der Waals surface area contributed by atoms with Gasteiger partial charge in [0.25, 0.3) is 0 Å². The SMILES string of the molecule is CS(=O)(=O)c1c[nH]c2cccc(N)c12. The molecule has 0 aliphatic carbocycles. The molecule has 1 aromatic heterocycles. The highest BCUT2D eigenvalue weighted by molar-refractivity contribution is 7.91. The number of anilines is 1. The first-order valence-electron chi connectivity index (χ1n) is 4.06. The molecule has 2 rings (SSSR count). The fourth-order valence-electron chi connectivity index (χ4n) is 1.47. The van der Waals surface area contributed by atoms with Crippen LogP contribution in [0.15, 0.2) is 29.3 Å². The van der Waals surface area contributed by atoms with E-state index in [1.807, 2.05) is 0 Å². The Balaban J connectivity index is 2.94. The number of fused-ring (bicyclic) bond motifs is 1. The maximum atomic E-state index is 11.4. The van der Waals surface area contributed by atoms with Crippen molar-refractivity contribution in [3.8, 4) is 0 Å². The molecule has 5 heteroatoms. The second-order valence-electron chi connectivity index (χ2n) is 3.19. The number of nitrogens with two attached hydrogens (primary N) is 1. The lowest BCUT2D eigenvalue weighted by atomic mass is 10.2. The molecule has 74 valence electrons. The number of rotatable bonds is 1. The summed E-state index contributed by atoms with van der Waals surface area (Å²) in [5, 5.41) is 0.579. The molecule has 3 N–H and O–H groups in total. The average Bonchev–Trinajstić information content (AvgIpc) is 2.47. The number of benzene rings is 1. The minimum Gasteiger partial charge on any atom is -0.398 e. The predicted molar refractivity (Wildman–Crippen MR) is 55.8 cm³/mol. The van der Waals surface area contributed by atoms with Gasteiger partial charge in [-0.1, -0.05) is 6.07 Å². The summed E-state index contributed by atoms with van der Waals surface area (Å²) in [7, 11) is -3.22. The van der Waals surface area contributed by atoms with Gasteiger partial charge in [0.15, 0.2) is 9.84 Å². The number of hydrogen-bond acceptors (Lipinski definition) is 3. The highest BCUT2D eigenvalue weighted by Crippen LogP contribution is 2.27. The van der Waals surface area contributed by atoms with Crippen molar-refractivity contribution in [2.24, 2.45) is 0 Å². The number of nitrogens with one attached hydrogen (secondary N) is 1. The van der Waals surface area contributed by atoms with Gasteiger partial charge in [-0.2, -0.15) is 0 Å². The number of aromatic nitrogens is 1. The third-order valence-electron chi connectivity index (χ3n) is 2.10. The summed E-state index contributed by atoms with van der Waals surface area (Å²) >= 11 is 0. The lowest BCUT2D eigenvalue weighted by Gasteiger charge is -1.98. The van der Waals surface area contributed by atoms with Gasteiger partial charge in [0.1, 0.15) is 0 Å². The quantitative estimate of drug-likeness (QED) is 0.693. The number of H-pyrrole nitrogens is 1. The van der Waals surface area contributed by atoms with Gasteiger partial charge in [0.05, 0.1) is 4.90 Å². The molecular formula is C9H10N2O2S. The maximum absolute atomic E-state index is 11.4. The highest BCUT2D eigenvalue weighted by atomic mass is 32.2. The fraction of sp³-hybridized carbons (Fsp3) is 0.111. The van der Waals surface area contributed by atoms with Crippen molar-refractivity contribution in [1.82, 2.24) is 4.98 Å². The first-order valence-corrected chi connectivity index (χ1v) is 5.95. The Labute approximate surface area is 81.7 Å². The third-order valence-corrected chi connectivity index (χ3v) is 3.22. The van der Waals surface area contributed by atoms with Gasteiger partial charge < -0.3 is 10.7 Å². The zero-order chi connectivity index (χ0) is 10.3. The summed E-state index contributed by atoms with van der Waals surface area (Å²) in [5.41, 5.74) is 6.93. The van der Waals surface area contributed by atoms with Gasteiger partial charge in [-0.3, -0.25) is 0 Å². The van der Waals surface area contributed by atoms with Crippen molar-refractivity contribution in [3.05, 3.63) is 24.4 Å². The van der Waals surface area contributed by atoms with E-state index in [0.29, 0.717) is 11.1 Å². The molecule has 0 amide bonds. The Morgan fingerprint density at radius 2 is 2.07 bits per heavy atom. The first-order chi connectivity index (χ1) is 6.50. The summed E-state index contributed by atoms with van der Waals surface area (Å²) in [6.07, 6.45) is 2.64. The Kier molecular flexibility index (Phi) is 1.78. The van der Waals surface area contributed by atoms with Crippen molar-refractivity contribution >= 4 is 26.4 Å². The molecule has 0 aliphatic heterocycles. The minimum absolute atomic E-state index is 0.255. The zero-order valence-corrected chi connectivity index (χ0v) is 8.43. The molecule has 0 radical (unpaired) electrons. The molecule has 0 aliphatic rings. The van der Waals surface area contributed by atoms with Crippen molar-refractivity contribution in [1.29, 1.82) is 0 Å². The van der Waals surface area contributed by atoms with E-state index in [0.717, 1.165) is 5.52 Å². The topological polar surface area (TPSA) is 76.0 Å². The molecular weight excluding hydrogens is 200 g/mol. The Morgan fingerprint density at radius 3 is 2.71 bits per heavy atom. The van der Waals surface area contributed by atoms with Crippen LogP contribution in [0.5, 0.6) is 0 Å². The van der Waals surface area contributed by atoms with E-state index in [9.17, 15) is 8.42 Å². The zero-order valence-electron chi connectivity index (χ0n) is 7.61. The lowest BCUT2D eigenvalue weighted by molar-refractivity contribution is 0.602. The van der Waals surface area contributed by atoms with Crippen LogP contribution >= 0.6 is 0 Å². The first kappa shape index (κ1) is 9.08. The van der Waals surface area contributed by atoms with Crippen molar-refractivity contribution in [2.45, 2.75) is 4.90 Å². The van der Waals surface area contributed by atoms with Crippen molar-refractivity contribution in [3.63, 3.8) is 0 Å². The largest absolute Gasteiger partial charge is 0.398 e. The normalized spacial score (nSPS) is 12.1. The van der Waals surface area contributed by atoms with Gasteiger partial charge in [0.2, 0.25) is 0 Å². The lowest BCUT2D eigenvalue weighted by Crippen LogP contribution is -1.97. The standard InChI is InChI=1S/C9H10N2O2S/c1-14(12,13)8-5-11-7-4-2-3-6(10)9(7)8/h2-5,11H,10H2,1H3. The summed E-state index contributed by atoms with van der Waals surface area (Å²) in [4.78, 5) is 3.13. The van der Waals surface area contributed by atoms with Gasteiger partial charge >= 0.3 is 0 Å². The number of hydrogen-bond donors (Lipinski definition) is 2. The molecule has 2 aromatic rings. The van der Waals surface area contributed by atoms with E-state index in [1.54, 1.807) is 18.2 Å². The Hall–Kier alpha value is -1.49. The Bertz CT molecular complexity index is 584. The van der Waals surface area contributed by atoms with E-state index < -0.39 is 9.84 Å². The molecule has 0 saturated heterocycles. The van der Waals surface area contributed by atoms with Crippen LogP contribution in [0.25, 0.3) is 10.9 Å². The van der Waals surface area contributed by atoms with E-state index in [4.69, 9.17) is 5.73 Å². The molecule has 0 bridgehead atoms. The molecule has 1 heterocycles. The van der Waals surface area contributed by atoms with E-state index in [2.05, 4.69) is 4.98 Å². The van der Waals surface area contributed by atoms with E-state index in [1.165, 1.54) is 12.5 Å². The van der Waals surface area contributed by atoms with Crippen molar-refractivity contribution in [2.75, 3.05) is 12.0 Å². The average molecular weight is 210 g/mol. The number of sulfone groups is 1. The second-order valence-corrected chi connectivity index (χ2v) is 5.18. The molecule has 0 saturated carbocycles. The number of nitrogen functional groups attached to an aromatic ring is 1. The van der Waals surface area contributed by atoms with Crippen molar-refractivity contribution < 1.29 is 8.42 Å². The summed E-state index contributed by atoms with van der Waals surface area (Å²) < 4.78 is 22.8. The molecule has 14 heavy (non-hydrogen) atoms. The van der Waals surface area contributed by atoms with Crippen LogP contribution in [-0.4, -0.2) is 19.7 Å². The molecule has 4 nitrogen and oxygen atoms in total. The van der Waals surface area contributed by atoms with Crippen LogP contribution in [0.1, 0.15) is 0 Å². The van der Waals surface area contributed by atoms with Gasteiger partial charge in [-0.05, 0) is 12.1 Å².